The van der Waals surface area contributed by atoms with Gasteiger partial charge >= 0.3 is 0 Å². The predicted molar refractivity (Wildman–Crippen MR) is 70.3 cm³/mol. The number of para-hydroxylation sites is 1. The van der Waals surface area contributed by atoms with Gasteiger partial charge in [-0.05, 0) is 13.1 Å². The van der Waals surface area contributed by atoms with E-state index in [-0.39, 0.29) is 5.52 Å². The molecule has 0 saturated carbocycles. The summed E-state index contributed by atoms with van der Waals surface area (Å²) in [6.07, 6.45) is 0.705. The molecule has 0 bridgehead atoms. The monoisotopic (exact) mass is 259 g/mol. The fourth-order valence-electron chi connectivity index (χ4n) is 2.64. The molecule has 1 aromatic heterocycles. The molecule has 0 radical (unpaired) electrons. The van der Waals surface area contributed by atoms with Crippen molar-refractivity contribution in [2.75, 3.05) is 13.6 Å². The van der Waals surface area contributed by atoms with Crippen LogP contribution in [0.25, 0.3) is 10.9 Å². The summed E-state index contributed by atoms with van der Waals surface area (Å²) in [6.45, 7) is 1.46. The molecule has 1 amide bonds. The van der Waals surface area contributed by atoms with Crippen molar-refractivity contribution in [3.8, 4) is 0 Å². The van der Waals surface area contributed by atoms with Crippen LogP contribution in [0.4, 0.5) is 4.39 Å². The van der Waals surface area contributed by atoms with Gasteiger partial charge in [0.1, 0.15) is 11.3 Å². The number of amides is 1. The first kappa shape index (κ1) is 12.0. The van der Waals surface area contributed by atoms with Crippen LogP contribution < -0.4 is 5.73 Å². The van der Waals surface area contributed by atoms with E-state index in [0.29, 0.717) is 23.9 Å². The topological polar surface area (TPSA) is 59.2 Å². The van der Waals surface area contributed by atoms with Crippen LogP contribution in [-0.4, -0.2) is 29.4 Å². The Bertz CT molecular complexity index is 684. The molecule has 2 N–H and O–H groups in total. The number of primary amides is 1. The molecule has 0 fully saturated rings. The molecule has 5 heteroatoms. The molecule has 0 atom stereocenters. The van der Waals surface area contributed by atoms with E-state index >= 15 is 0 Å². The molecule has 1 aliphatic rings. The molecule has 0 saturated heterocycles. The third-order valence-corrected chi connectivity index (χ3v) is 3.56. The largest absolute Gasteiger partial charge is 0.366 e. The smallest absolute Gasteiger partial charge is 0.249 e. The van der Waals surface area contributed by atoms with E-state index in [1.54, 1.807) is 12.1 Å². The van der Waals surface area contributed by atoms with Gasteiger partial charge in [0.25, 0.3) is 0 Å². The molecule has 2 heterocycles. The molecular formula is C14H14FN3O. The van der Waals surface area contributed by atoms with Crippen LogP contribution in [0.3, 0.4) is 0 Å². The highest BCUT2D eigenvalue weighted by Gasteiger charge is 2.24. The maximum Gasteiger partial charge on any atom is 0.249 e. The predicted octanol–water partition coefficient (Wildman–Crippen LogP) is 1.46. The number of carbonyl (C=O) groups excluding carboxylic acids is 1. The number of halogens is 1. The van der Waals surface area contributed by atoms with Gasteiger partial charge in [0, 0.05) is 36.2 Å². The van der Waals surface area contributed by atoms with Gasteiger partial charge in [-0.1, -0.05) is 12.1 Å². The minimum absolute atomic E-state index is 0.236. The Morgan fingerprint density at radius 3 is 3.00 bits per heavy atom. The fraction of sp³-hybridized carbons (Fsp3) is 0.286. The van der Waals surface area contributed by atoms with Crippen LogP contribution in [0.15, 0.2) is 18.2 Å². The van der Waals surface area contributed by atoms with Crippen molar-refractivity contribution in [2.24, 2.45) is 5.73 Å². The second-order valence-corrected chi connectivity index (χ2v) is 4.90. The first-order valence-electron chi connectivity index (χ1n) is 6.16. The number of carbonyl (C=O) groups is 1. The summed E-state index contributed by atoms with van der Waals surface area (Å²) in [7, 11) is 1.98. The summed E-state index contributed by atoms with van der Waals surface area (Å²) < 4.78 is 13.9. The van der Waals surface area contributed by atoms with Gasteiger partial charge in [-0.25, -0.2) is 9.37 Å². The second-order valence-electron chi connectivity index (χ2n) is 4.90. The Morgan fingerprint density at radius 1 is 1.47 bits per heavy atom. The number of hydrogen-bond acceptors (Lipinski definition) is 3. The minimum Gasteiger partial charge on any atom is -0.366 e. The van der Waals surface area contributed by atoms with Gasteiger partial charge in [-0.2, -0.15) is 0 Å². The lowest BCUT2D eigenvalue weighted by molar-refractivity contribution is 0.0999. The molecule has 19 heavy (non-hydrogen) atoms. The van der Waals surface area contributed by atoms with Crippen molar-refractivity contribution in [2.45, 2.75) is 13.0 Å². The average molecular weight is 259 g/mol. The molecule has 1 aliphatic heterocycles. The van der Waals surface area contributed by atoms with Gasteiger partial charge in [0.2, 0.25) is 5.91 Å². The highest BCUT2D eigenvalue weighted by Crippen LogP contribution is 2.28. The van der Waals surface area contributed by atoms with E-state index in [1.165, 1.54) is 6.07 Å². The quantitative estimate of drug-likeness (QED) is 0.843. The van der Waals surface area contributed by atoms with Crippen LogP contribution in [0.1, 0.15) is 21.6 Å². The Labute approximate surface area is 110 Å². The van der Waals surface area contributed by atoms with E-state index in [0.717, 1.165) is 17.8 Å². The minimum atomic E-state index is -0.524. The number of fused-ring (bicyclic) bond motifs is 2. The van der Waals surface area contributed by atoms with Gasteiger partial charge in [-0.15, -0.1) is 0 Å². The van der Waals surface area contributed by atoms with Crippen LogP contribution in [-0.2, 0) is 13.0 Å². The Kier molecular flexibility index (Phi) is 2.71. The Balaban J connectivity index is 2.40. The molecule has 3 rings (SSSR count). The molecule has 0 unspecified atom stereocenters. The number of nitrogens with zero attached hydrogens (tertiary/aromatic N) is 2. The van der Waals surface area contributed by atoms with E-state index in [1.807, 2.05) is 7.05 Å². The lowest BCUT2D eigenvalue weighted by Crippen LogP contribution is -2.30. The van der Waals surface area contributed by atoms with Gasteiger partial charge < -0.3 is 10.6 Å². The number of hydrogen-bond donors (Lipinski definition) is 1. The third-order valence-electron chi connectivity index (χ3n) is 3.56. The summed E-state index contributed by atoms with van der Waals surface area (Å²) in [5.74, 6) is -0.939. The Morgan fingerprint density at radius 2 is 2.26 bits per heavy atom. The number of benzene rings is 1. The van der Waals surface area contributed by atoms with E-state index < -0.39 is 11.7 Å². The van der Waals surface area contributed by atoms with Crippen molar-refractivity contribution >= 4 is 16.8 Å². The van der Waals surface area contributed by atoms with Crippen molar-refractivity contribution in [1.29, 1.82) is 0 Å². The van der Waals surface area contributed by atoms with E-state index in [4.69, 9.17) is 5.73 Å². The fourth-order valence-corrected chi connectivity index (χ4v) is 2.64. The van der Waals surface area contributed by atoms with Crippen LogP contribution in [0, 0.1) is 5.82 Å². The number of rotatable bonds is 1. The van der Waals surface area contributed by atoms with Crippen molar-refractivity contribution in [1.82, 2.24) is 9.88 Å². The summed E-state index contributed by atoms with van der Waals surface area (Å²) in [6, 6.07) is 4.62. The molecule has 0 spiro atoms. The van der Waals surface area contributed by atoms with Crippen LogP contribution in [0.5, 0.6) is 0 Å². The number of aromatic nitrogens is 1. The highest BCUT2D eigenvalue weighted by molar-refractivity contribution is 6.07. The van der Waals surface area contributed by atoms with Crippen molar-refractivity contribution in [3.05, 3.63) is 40.8 Å². The molecule has 4 nitrogen and oxygen atoms in total. The van der Waals surface area contributed by atoms with Gasteiger partial charge in [-0.3, -0.25) is 4.79 Å². The summed E-state index contributed by atoms with van der Waals surface area (Å²) in [5, 5.41) is 0.501. The van der Waals surface area contributed by atoms with Gasteiger partial charge in [0.05, 0.1) is 5.56 Å². The molecule has 98 valence electrons. The molecule has 1 aromatic carbocycles. The van der Waals surface area contributed by atoms with Gasteiger partial charge in [0.15, 0.2) is 0 Å². The second kappa shape index (κ2) is 4.28. The molecular weight excluding hydrogens is 245 g/mol. The number of pyridine rings is 1. The summed E-state index contributed by atoms with van der Waals surface area (Å²) >= 11 is 0. The summed E-state index contributed by atoms with van der Waals surface area (Å²) in [4.78, 5) is 18.2. The zero-order valence-corrected chi connectivity index (χ0v) is 10.6. The SMILES string of the molecule is CN1CCc2nc3c(F)cccc3c(C(N)=O)c2C1. The first-order chi connectivity index (χ1) is 9.08. The molecule has 0 aliphatic carbocycles. The summed E-state index contributed by atoms with van der Waals surface area (Å²) in [5.41, 5.74) is 7.75. The maximum atomic E-state index is 13.9. The lowest BCUT2D eigenvalue weighted by Gasteiger charge is -2.26. The number of likely N-dealkylation sites (N-methyl/N-ethyl adjacent to an activating group) is 1. The molecule has 2 aromatic rings. The van der Waals surface area contributed by atoms with Crippen LogP contribution >= 0.6 is 0 Å². The maximum absolute atomic E-state index is 13.9. The Hall–Kier alpha value is -2.01. The first-order valence-corrected chi connectivity index (χ1v) is 6.16. The van der Waals surface area contributed by atoms with E-state index in [2.05, 4.69) is 9.88 Å². The lowest BCUT2D eigenvalue weighted by atomic mass is 9.95. The van der Waals surface area contributed by atoms with Crippen molar-refractivity contribution in [3.63, 3.8) is 0 Å². The standard InChI is InChI=1S/C14H14FN3O/c1-18-6-5-11-9(7-18)12(14(16)19)8-3-2-4-10(15)13(8)17-11/h2-4H,5-7H2,1H3,(H2,16,19). The van der Waals surface area contributed by atoms with Crippen LogP contribution in [0.2, 0.25) is 0 Å². The zero-order valence-electron chi connectivity index (χ0n) is 10.6. The average Bonchev–Trinajstić information content (AvgIpc) is 2.36. The normalized spacial score (nSPS) is 15.5. The third kappa shape index (κ3) is 1.86. The van der Waals surface area contributed by atoms with Crippen molar-refractivity contribution < 1.29 is 9.18 Å². The number of nitrogens with two attached hydrogens (primary N) is 1. The highest BCUT2D eigenvalue weighted by atomic mass is 19.1. The van der Waals surface area contributed by atoms with E-state index in [9.17, 15) is 9.18 Å². The zero-order chi connectivity index (χ0) is 13.6.